The summed E-state index contributed by atoms with van der Waals surface area (Å²) < 4.78 is 9.93. The molecule has 12 aromatic rings. The van der Waals surface area contributed by atoms with Crippen LogP contribution in [0.3, 0.4) is 0 Å². The number of nitrogens with zero attached hydrogens (tertiary/aromatic N) is 1. The fourth-order valence-electron chi connectivity index (χ4n) is 12.0. The molecule has 316 valence electrons. The fourth-order valence-corrected chi connectivity index (χ4v) is 13.2. The van der Waals surface area contributed by atoms with Crippen LogP contribution in [0.2, 0.25) is 0 Å². The number of thiophene rings is 1. The first-order valence-corrected chi connectivity index (χ1v) is 24.1. The molecule has 0 saturated carbocycles. The molecule has 0 N–H and O–H groups in total. The zero-order valence-electron chi connectivity index (χ0n) is 37.1. The molecule has 0 fully saturated rings. The topological polar surface area (TPSA) is 16.4 Å². The zero-order chi connectivity index (χ0) is 44.4. The Hall–Kier alpha value is -7.98. The van der Waals surface area contributed by atoms with Crippen molar-refractivity contribution in [3.63, 3.8) is 0 Å². The smallest absolute Gasteiger partial charge is 0.142 e. The van der Waals surface area contributed by atoms with Crippen molar-refractivity contribution in [1.82, 2.24) is 0 Å². The lowest BCUT2D eigenvalue weighted by atomic mass is 9.66. The van der Waals surface area contributed by atoms with Gasteiger partial charge in [0.25, 0.3) is 0 Å². The summed E-state index contributed by atoms with van der Waals surface area (Å²) in [6, 6.07) is 83.2. The molecule has 2 aliphatic carbocycles. The van der Waals surface area contributed by atoms with Gasteiger partial charge in [-0.2, -0.15) is 0 Å². The third kappa shape index (κ3) is 5.32. The lowest BCUT2D eigenvalue weighted by Crippen LogP contribution is -2.31. The number of fused-ring (bicyclic) bond motifs is 12. The van der Waals surface area contributed by atoms with Gasteiger partial charge in [0.1, 0.15) is 11.2 Å². The highest BCUT2D eigenvalue weighted by molar-refractivity contribution is 7.26. The highest BCUT2D eigenvalue weighted by atomic mass is 32.1. The van der Waals surface area contributed by atoms with E-state index in [4.69, 9.17) is 4.42 Å². The van der Waals surface area contributed by atoms with E-state index in [-0.39, 0.29) is 5.41 Å². The largest absolute Gasteiger partial charge is 0.456 e. The van der Waals surface area contributed by atoms with Gasteiger partial charge in [0, 0.05) is 53.3 Å². The first kappa shape index (κ1) is 38.3. The zero-order valence-corrected chi connectivity index (χ0v) is 37.9. The Kier molecular flexibility index (Phi) is 8.15. The van der Waals surface area contributed by atoms with E-state index in [1.165, 1.54) is 81.4 Å². The third-order valence-corrected chi connectivity index (χ3v) is 16.2. The molecule has 67 heavy (non-hydrogen) atoms. The van der Waals surface area contributed by atoms with E-state index in [2.05, 4.69) is 243 Å². The van der Waals surface area contributed by atoms with Crippen molar-refractivity contribution in [1.29, 1.82) is 0 Å². The SMILES string of the molecule is CC1(C)c2ccccc2-c2ccc(N(c3ccc(-c4cccc5c4sc4ccccc45)cc3)c3ccc4c(oc5ccccc54)c3C3(c4ccccc4)c4ccccc4-c4ccccc43)cc21. The van der Waals surface area contributed by atoms with Crippen LogP contribution in [0, 0.1) is 0 Å². The van der Waals surface area contributed by atoms with Gasteiger partial charge >= 0.3 is 0 Å². The van der Waals surface area contributed by atoms with Crippen LogP contribution in [0.15, 0.2) is 229 Å². The van der Waals surface area contributed by atoms with Crippen LogP contribution in [0.25, 0.3) is 75.5 Å². The molecule has 2 nitrogen and oxygen atoms in total. The van der Waals surface area contributed by atoms with Gasteiger partial charge in [0.05, 0.1) is 11.1 Å². The first-order valence-electron chi connectivity index (χ1n) is 23.2. The Morgan fingerprint density at radius 1 is 0.418 bits per heavy atom. The first-order chi connectivity index (χ1) is 33.0. The Morgan fingerprint density at radius 3 is 1.76 bits per heavy atom. The monoisotopic (exact) mass is 873 g/mol. The molecule has 0 atom stereocenters. The standard InChI is InChI=1S/C64H43NOS/c1-63(2)53-26-11-6-19-45(53)48-36-35-43(39-56(48)63)65(42-33-31-40(32-34-42)44-24-16-25-52-50-23-10-15-30-59(50)67-62(44)52)57-38-37-51-49-22-9-14-29-58(49)66-61(51)60(57)64(41-17-4-3-5-18-41)54-27-12-7-20-46(54)47-21-8-13-28-55(47)64/h3-39H,1-2H3. The van der Waals surface area contributed by atoms with Crippen molar-refractivity contribution in [3.8, 4) is 33.4 Å². The van der Waals surface area contributed by atoms with Crippen molar-refractivity contribution in [2.45, 2.75) is 24.7 Å². The molecule has 14 rings (SSSR count). The van der Waals surface area contributed by atoms with Crippen LogP contribution in [0.5, 0.6) is 0 Å². The van der Waals surface area contributed by atoms with Crippen molar-refractivity contribution < 1.29 is 4.42 Å². The van der Waals surface area contributed by atoms with Crippen LogP contribution >= 0.6 is 11.3 Å². The molecule has 2 aromatic heterocycles. The van der Waals surface area contributed by atoms with Crippen molar-refractivity contribution >= 4 is 70.5 Å². The molecule has 0 spiro atoms. The average molecular weight is 874 g/mol. The Labute approximate surface area is 393 Å². The number of para-hydroxylation sites is 1. The Morgan fingerprint density at radius 2 is 1.00 bits per heavy atom. The summed E-state index contributed by atoms with van der Waals surface area (Å²) in [4.78, 5) is 2.51. The Balaban J connectivity index is 1.09. The second-order valence-corrected chi connectivity index (χ2v) is 19.8. The molecule has 10 aromatic carbocycles. The molecule has 0 radical (unpaired) electrons. The molecule has 0 saturated heterocycles. The van der Waals surface area contributed by atoms with E-state index in [1.807, 2.05) is 11.3 Å². The predicted molar refractivity (Wildman–Crippen MR) is 282 cm³/mol. The molecule has 0 bridgehead atoms. The summed E-state index contributed by atoms with van der Waals surface area (Å²) in [6.45, 7) is 4.75. The molecule has 3 heteroatoms. The van der Waals surface area contributed by atoms with Gasteiger partial charge in [0.2, 0.25) is 0 Å². The summed E-state index contributed by atoms with van der Waals surface area (Å²) in [7, 11) is 0. The van der Waals surface area contributed by atoms with Gasteiger partial charge in [-0.05, 0) is 110 Å². The Bertz CT molecular complexity index is 3920. The summed E-state index contributed by atoms with van der Waals surface area (Å²) in [5.74, 6) is 0. The summed E-state index contributed by atoms with van der Waals surface area (Å²) in [5.41, 5.74) is 19.1. The lowest BCUT2D eigenvalue weighted by Gasteiger charge is -2.38. The molecule has 0 unspecified atom stereocenters. The van der Waals surface area contributed by atoms with Gasteiger partial charge < -0.3 is 9.32 Å². The average Bonchev–Trinajstić information content (AvgIpc) is 4.10. The lowest BCUT2D eigenvalue weighted by molar-refractivity contribution is 0.648. The van der Waals surface area contributed by atoms with E-state index in [1.54, 1.807) is 0 Å². The van der Waals surface area contributed by atoms with Crippen LogP contribution in [-0.2, 0) is 10.8 Å². The number of hydrogen-bond acceptors (Lipinski definition) is 3. The van der Waals surface area contributed by atoms with Gasteiger partial charge in [-0.25, -0.2) is 0 Å². The number of anilines is 3. The maximum Gasteiger partial charge on any atom is 0.142 e. The summed E-state index contributed by atoms with van der Waals surface area (Å²) in [5, 5.41) is 4.82. The minimum Gasteiger partial charge on any atom is -0.456 e. The van der Waals surface area contributed by atoms with Crippen LogP contribution in [0.4, 0.5) is 17.1 Å². The summed E-state index contributed by atoms with van der Waals surface area (Å²) >= 11 is 1.88. The van der Waals surface area contributed by atoms with Crippen molar-refractivity contribution in [2.24, 2.45) is 0 Å². The molecular formula is C64H43NOS. The summed E-state index contributed by atoms with van der Waals surface area (Å²) in [6.07, 6.45) is 0. The molecule has 2 aliphatic rings. The van der Waals surface area contributed by atoms with Gasteiger partial charge in [-0.1, -0.05) is 190 Å². The minimum absolute atomic E-state index is 0.194. The van der Waals surface area contributed by atoms with E-state index in [0.717, 1.165) is 44.6 Å². The highest BCUT2D eigenvalue weighted by Gasteiger charge is 2.50. The fraction of sp³-hybridized carbons (Fsp3) is 0.0625. The normalized spacial score (nSPS) is 14.1. The number of hydrogen-bond donors (Lipinski definition) is 0. The maximum atomic E-state index is 7.30. The van der Waals surface area contributed by atoms with Crippen LogP contribution in [-0.4, -0.2) is 0 Å². The third-order valence-electron chi connectivity index (χ3n) is 15.0. The predicted octanol–water partition coefficient (Wildman–Crippen LogP) is 17.8. The minimum atomic E-state index is -0.752. The number of benzene rings is 10. The number of furan rings is 1. The van der Waals surface area contributed by atoms with E-state index >= 15 is 0 Å². The molecular weight excluding hydrogens is 831 g/mol. The van der Waals surface area contributed by atoms with Crippen molar-refractivity contribution in [3.05, 3.63) is 258 Å². The van der Waals surface area contributed by atoms with Gasteiger partial charge in [0.15, 0.2) is 0 Å². The van der Waals surface area contributed by atoms with Crippen LogP contribution < -0.4 is 4.90 Å². The maximum absolute atomic E-state index is 7.30. The van der Waals surface area contributed by atoms with Crippen LogP contribution in [0.1, 0.15) is 47.2 Å². The van der Waals surface area contributed by atoms with Crippen molar-refractivity contribution in [2.75, 3.05) is 4.90 Å². The molecule has 0 aliphatic heterocycles. The molecule has 2 heterocycles. The van der Waals surface area contributed by atoms with E-state index in [0.29, 0.717) is 0 Å². The van der Waals surface area contributed by atoms with Gasteiger partial charge in [-0.3, -0.25) is 0 Å². The highest BCUT2D eigenvalue weighted by Crippen LogP contribution is 2.61. The molecule has 0 amide bonds. The van der Waals surface area contributed by atoms with E-state index < -0.39 is 5.41 Å². The van der Waals surface area contributed by atoms with Gasteiger partial charge in [-0.15, -0.1) is 11.3 Å². The quantitative estimate of drug-likeness (QED) is 0.165. The second kappa shape index (κ2) is 14.3. The number of rotatable bonds is 6. The van der Waals surface area contributed by atoms with E-state index in [9.17, 15) is 0 Å². The second-order valence-electron chi connectivity index (χ2n) is 18.7.